The third-order valence-electron chi connectivity index (χ3n) is 2.47. The quantitative estimate of drug-likeness (QED) is 0.419. The highest BCUT2D eigenvalue weighted by Crippen LogP contribution is 2.06. The van der Waals surface area contributed by atoms with Gasteiger partial charge >= 0.3 is 0 Å². The molecule has 1 atom stereocenters. The van der Waals surface area contributed by atoms with Crippen molar-refractivity contribution in [1.29, 1.82) is 0 Å². The predicted molar refractivity (Wildman–Crippen MR) is 71.7 cm³/mol. The van der Waals surface area contributed by atoms with Gasteiger partial charge < -0.3 is 4.90 Å². The van der Waals surface area contributed by atoms with Crippen LogP contribution in [0.25, 0.3) is 0 Å². The first kappa shape index (κ1) is 12.8. The molecule has 0 spiro atoms. The molecule has 0 aliphatic carbocycles. The summed E-state index contributed by atoms with van der Waals surface area (Å²) in [7, 11) is 3.07. The van der Waals surface area contributed by atoms with E-state index in [0.717, 1.165) is 0 Å². The Kier molecular flexibility index (Phi) is 5.99. The van der Waals surface area contributed by atoms with Crippen LogP contribution in [0.15, 0.2) is 30.3 Å². The Hall–Kier alpha value is -0.313. The molecule has 0 N–H and O–H groups in total. The third-order valence-corrected chi connectivity index (χ3v) is 5.91. The second-order valence-corrected chi connectivity index (χ2v) is 7.94. The van der Waals surface area contributed by atoms with Crippen LogP contribution in [0, 0.1) is 0 Å². The molecule has 15 heavy (non-hydrogen) atoms. The fourth-order valence-corrected chi connectivity index (χ4v) is 4.10. The molecule has 1 unspecified atom stereocenters. The summed E-state index contributed by atoms with van der Waals surface area (Å²) in [6.07, 6.45) is 2.52. The average Bonchev–Trinajstić information content (AvgIpc) is 2.25. The van der Waals surface area contributed by atoms with Gasteiger partial charge in [-0.15, -0.1) is 0 Å². The van der Waals surface area contributed by atoms with E-state index in [-0.39, 0.29) is 0 Å². The van der Waals surface area contributed by atoms with E-state index in [9.17, 15) is 0 Å². The smallest absolute Gasteiger partial charge is 0.171 e. The lowest BCUT2D eigenvalue weighted by Gasteiger charge is -2.10. The number of unbranched alkanes of at least 4 members (excludes halogenated alkanes) is 1. The van der Waals surface area contributed by atoms with Gasteiger partial charge in [-0.3, -0.25) is 0 Å². The molecule has 0 aromatic heterocycles. The van der Waals surface area contributed by atoms with Crippen LogP contribution in [0.5, 0.6) is 0 Å². The van der Waals surface area contributed by atoms with Crippen LogP contribution in [-0.4, -0.2) is 33.6 Å². The maximum atomic E-state index is 6.45. The van der Waals surface area contributed by atoms with Gasteiger partial charge in [-0.25, -0.2) is 0 Å². The standard InChI is InChI=1S/C12H20ClNSi/c1-14(2)10-6-7-11-15(13)12-8-4-3-5-9-12/h3-5,8-9,15H,6-7,10-11H2,1-2H3. The highest BCUT2D eigenvalue weighted by atomic mass is 35.6. The van der Waals surface area contributed by atoms with Crippen molar-refractivity contribution in [2.75, 3.05) is 20.6 Å². The second-order valence-electron chi connectivity index (χ2n) is 4.18. The Labute approximate surface area is 99.4 Å². The van der Waals surface area contributed by atoms with Gasteiger partial charge in [0.2, 0.25) is 0 Å². The molecular weight excluding hydrogens is 222 g/mol. The second kappa shape index (κ2) is 7.04. The van der Waals surface area contributed by atoms with Crippen LogP contribution in [0.2, 0.25) is 6.04 Å². The van der Waals surface area contributed by atoms with Crippen molar-refractivity contribution in [1.82, 2.24) is 4.90 Å². The van der Waals surface area contributed by atoms with E-state index < -0.39 is 8.11 Å². The molecule has 1 nitrogen and oxygen atoms in total. The van der Waals surface area contributed by atoms with E-state index in [1.54, 1.807) is 0 Å². The molecule has 0 fully saturated rings. The summed E-state index contributed by atoms with van der Waals surface area (Å²) in [6, 6.07) is 11.7. The SMILES string of the molecule is CN(C)CCCC[SiH](Cl)c1ccccc1. The van der Waals surface area contributed by atoms with Gasteiger partial charge in [-0.1, -0.05) is 36.8 Å². The molecule has 0 heterocycles. The number of rotatable bonds is 6. The van der Waals surface area contributed by atoms with E-state index >= 15 is 0 Å². The first-order valence-electron chi connectivity index (χ1n) is 5.54. The number of nitrogens with zero attached hydrogens (tertiary/aromatic N) is 1. The molecule has 0 saturated carbocycles. The van der Waals surface area contributed by atoms with Crippen molar-refractivity contribution in [2.24, 2.45) is 0 Å². The predicted octanol–water partition coefficient (Wildman–Crippen LogP) is 2.20. The van der Waals surface area contributed by atoms with Crippen molar-refractivity contribution in [3.8, 4) is 0 Å². The van der Waals surface area contributed by atoms with Crippen LogP contribution < -0.4 is 5.19 Å². The Bertz CT molecular complexity index is 264. The Morgan fingerprint density at radius 1 is 1.13 bits per heavy atom. The van der Waals surface area contributed by atoms with Crippen molar-refractivity contribution >= 4 is 24.4 Å². The molecule has 1 rings (SSSR count). The van der Waals surface area contributed by atoms with Crippen LogP contribution in [-0.2, 0) is 0 Å². The van der Waals surface area contributed by atoms with Crippen LogP contribution in [0.3, 0.4) is 0 Å². The zero-order chi connectivity index (χ0) is 11.1. The highest BCUT2D eigenvalue weighted by Gasteiger charge is 2.08. The van der Waals surface area contributed by atoms with Gasteiger partial charge in [-0.05, 0) is 38.3 Å². The molecule has 0 amide bonds. The molecule has 84 valence electrons. The third kappa shape index (κ3) is 5.35. The van der Waals surface area contributed by atoms with Gasteiger partial charge in [0.25, 0.3) is 0 Å². The summed E-state index contributed by atoms with van der Waals surface area (Å²) >= 11 is 6.45. The molecule has 0 aliphatic rings. The van der Waals surface area contributed by atoms with Crippen molar-refractivity contribution in [3.63, 3.8) is 0 Å². The lowest BCUT2D eigenvalue weighted by Crippen LogP contribution is -2.23. The van der Waals surface area contributed by atoms with Gasteiger partial charge in [0.15, 0.2) is 8.11 Å². The fraction of sp³-hybridized carbons (Fsp3) is 0.500. The zero-order valence-corrected chi connectivity index (χ0v) is 11.5. The molecule has 1 aromatic carbocycles. The molecule has 0 radical (unpaired) electrons. The molecule has 0 bridgehead atoms. The minimum absolute atomic E-state index is 1.17. The Morgan fingerprint density at radius 3 is 2.40 bits per heavy atom. The largest absolute Gasteiger partial charge is 0.309 e. The van der Waals surface area contributed by atoms with Crippen LogP contribution in [0.4, 0.5) is 0 Å². The molecule has 0 saturated heterocycles. The van der Waals surface area contributed by atoms with Gasteiger partial charge in [0.1, 0.15) is 0 Å². The average molecular weight is 242 g/mol. The van der Waals surface area contributed by atoms with E-state index in [4.69, 9.17) is 11.1 Å². The first-order chi connectivity index (χ1) is 7.20. The highest BCUT2D eigenvalue weighted by molar-refractivity contribution is 7.14. The topological polar surface area (TPSA) is 3.24 Å². The summed E-state index contributed by atoms with van der Waals surface area (Å²) in [5.41, 5.74) is 0. The monoisotopic (exact) mass is 241 g/mol. The summed E-state index contributed by atoms with van der Waals surface area (Å²) in [5, 5.41) is 1.38. The van der Waals surface area contributed by atoms with Crippen molar-refractivity contribution in [2.45, 2.75) is 18.9 Å². The minimum Gasteiger partial charge on any atom is -0.309 e. The van der Waals surface area contributed by atoms with Gasteiger partial charge in [0.05, 0.1) is 0 Å². The van der Waals surface area contributed by atoms with Crippen LogP contribution in [0.1, 0.15) is 12.8 Å². The summed E-state index contributed by atoms with van der Waals surface area (Å²) in [5.74, 6) is 0. The molecular formula is C12H20ClNSi. The minimum atomic E-state index is -1.17. The Balaban J connectivity index is 2.22. The fourth-order valence-electron chi connectivity index (χ4n) is 1.58. The van der Waals surface area contributed by atoms with Gasteiger partial charge in [0, 0.05) is 0 Å². The molecule has 1 aromatic rings. The number of hydrogen-bond acceptors (Lipinski definition) is 1. The lowest BCUT2D eigenvalue weighted by atomic mass is 10.3. The van der Waals surface area contributed by atoms with Crippen molar-refractivity contribution in [3.05, 3.63) is 30.3 Å². The number of halogens is 1. The van der Waals surface area contributed by atoms with Crippen LogP contribution >= 0.6 is 11.1 Å². The summed E-state index contributed by atoms with van der Waals surface area (Å²) in [4.78, 5) is 2.23. The lowest BCUT2D eigenvalue weighted by molar-refractivity contribution is 0.398. The summed E-state index contributed by atoms with van der Waals surface area (Å²) in [6.45, 7) is 1.17. The molecule has 3 heteroatoms. The van der Waals surface area contributed by atoms with E-state index in [0.29, 0.717) is 0 Å². The van der Waals surface area contributed by atoms with Gasteiger partial charge in [-0.2, -0.15) is 11.1 Å². The summed E-state index contributed by atoms with van der Waals surface area (Å²) < 4.78 is 0. The first-order valence-corrected chi connectivity index (χ1v) is 8.68. The number of hydrogen-bond donors (Lipinski definition) is 0. The zero-order valence-electron chi connectivity index (χ0n) is 9.62. The number of benzene rings is 1. The molecule has 0 aliphatic heterocycles. The van der Waals surface area contributed by atoms with E-state index in [1.165, 1.54) is 30.6 Å². The maximum Gasteiger partial charge on any atom is 0.171 e. The van der Waals surface area contributed by atoms with Crippen molar-refractivity contribution < 1.29 is 0 Å². The van der Waals surface area contributed by atoms with E-state index in [2.05, 4.69) is 43.3 Å². The Morgan fingerprint density at radius 2 is 1.80 bits per heavy atom. The maximum absolute atomic E-state index is 6.45. The normalized spacial score (nSPS) is 13.1. The van der Waals surface area contributed by atoms with E-state index in [1.807, 2.05) is 6.07 Å².